The van der Waals surface area contributed by atoms with E-state index in [0.29, 0.717) is 13.1 Å². The van der Waals surface area contributed by atoms with E-state index in [2.05, 4.69) is 44.3 Å². The van der Waals surface area contributed by atoms with E-state index in [1.807, 2.05) is 6.07 Å². The van der Waals surface area contributed by atoms with E-state index < -0.39 is 0 Å². The largest absolute Gasteiger partial charge is 0.353 e. The standard InChI is InChI=1S/C16H20N4OS/c1-2-7-17-15(21)12-19-8-10-20(11-9-19)16-13-5-3-4-6-14(13)22-18-16/h2-6H,1,7-12H2,(H,17,21). The first-order chi connectivity index (χ1) is 10.8. The number of carbonyl (C=O) groups is 1. The number of carbonyl (C=O) groups excluding carboxylic acids is 1. The summed E-state index contributed by atoms with van der Waals surface area (Å²) in [7, 11) is 0. The molecule has 22 heavy (non-hydrogen) atoms. The van der Waals surface area contributed by atoms with Gasteiger partial charge in [0.15, 0.2) is 0 Å². The molecule has 1 saturated heterocycles. The fraction of sp³-hybridized carbons (Fsp3) is 0.375. The molecule has 0 atom stereocenters. The number of nitrogens with zero attached hydrogens (tertiary/aromatic N) is 3. The predicted octanol–water partition coefficient (Wildman–Crippen LogP) is 1.72. The van der Waals surface area contributed by atoms with E-state index in [4.69, 9.17) is 0 Å². The van der Waals surface area contributed by atoms with Crippen LogP contribution in [0.15, 0.2) is 36.9 Å². The van der Waals surface area contributed by atoms with Crippen molar-refractivity contribution in [2.75, 3.05) is 44.2 Å². The fourth-order valence-electron chi connectivity index (χ4n) is 2.66. The summed E-state index contributed by atoms with van der Waals surface area (Å²) in [4.78, 5) is 16.2. The molecule has 1 aromatic carbocycles. The Bertz CT molecular complexity index is 661. The molecule has 5 nitrogen and oxygen atoms in total. The number of hydrogen-bond donors (Lipinski definition) is 1. The number of rotatable bonds is 5. The highest BCUT2D eigenvalue weighted by molar-refractivity contribution is 7.13. The van der Waals surface area contributed by atoms with E-state index in [9.17, 15) is 4.79 Å². The van der Waals surface area contributed by atoms with E-state index >= 15 is 0 Å². The number of anilines is 1. The SMILES string of the molecule is C=CCNC(=O)CN1CCN(c2nsc3ccccc23)CC1. The summed E-state index contributed by atoms with van der Waals surface area (Å²) >= 11 is 1.55. The Hall–Kier alpha value is -1.92. The minimum atomic E-state index is 0.0625. The maximum absolute atomic E-state index is 11.7. The van der Waals surface area contributed by atoms with Crippen LogP contribution >= 0.6 is 11.5 Å². The summed E-state index contributed by atoms with van der Waals surface area (Å²) in [6, 6.07) is 8.34. The molecular formula is C16H20N4OS. The lowest BCUT2D eigenvalue weighted by Crippen LogP contribution is -2.49. The highest BCUT2D eigenvalue weighted by Gasteiger charge is 2.21. The minimum absolute atomic E-state index is 0.0625. The van der Waals surface area contributed by atoms with Crippen LogP contribution in [0.1, 0.15) is 0 Å². The van der Waals surface area contributed by atoms with Crippen LogP contribution in [-0.4, -0.2) is 54.4 Å². The van der Waals surface area contributed by atoms with Gasteiger partial charge in [0, 0.05) is 38.1 Å². The molecule has 2 aromatic rings. The lowest BCUT2D eigenvalue weighted by Gasteiger charge is -2.34. The number of benzene rings is 1. The molecular weight excluding hydrogens is 296 g/mol. The normalized spacial score (nSPS) is 15.9. The van der Waals surface area contributed by atoms with Crippen LogP contribution in [0.4, 0.5) is 5.82 Å². The van der Waals surface area contributed by atoms with Gasteiger partial charge < -0.3 is 10.2 Å². The number of fused-ring (bicyclic) bond motifs is 1. The molecule has 0 spiro atoms. The van der Waals surface area contributed by atoms with Crippen molar-refractivity contribution < 1.29 is 4.79 Å². The molecule has 0 unspecified atom stereocenters. The van der Waals surface area contributed by atoms with Crippen molar-refractivity contribution >= 4 is 33.3 Å². The molecule has 1 amide bonds. The molecule has 1 aliphatic rings. The zero-order chi connectivity index (χ0) is 15.4. The molecule has 0 radical (unpaired) electrons. The van der Waals surface area contributed by atoms with Crippen molar-refractivity contribution in [3.05, 3.63) is 36.9 Å². The summed E-state index contributed by atoms with van der Waals surface area (Å²) in [6.45, 7) is 8.17. The van der Waals surface area contributed by atoms with Gasteiger partial charge in [-0.25, -0.2) is 0 Å². The summed E-state index contributed by atoms with van der Waals surface area (Å²) in [6.07, 6.45) is 1.70. The third-order valence-corrected chi connectivity index (χ3v) is 4.66. The Morgan fingerprint density at radius 1 is 1.32 bits per heavy atom. The fourth-order valence-corrected chi connectivity index (χ4v) is 3.46. The lowest BCUT2D eigenvalue weighted by molar-refractivity contribution is -0.122. The van der Waals surface area contributed by atoms with E-state index in [1.165, 1.54) is 10.1 Å². The third kappa shape index (κ3) is 3.28. The van der Waals surface area contributed by atoms with Gasteiger partial charge in [0.2, 0.25) is 5.91 Å². The van der Waals surface area contributed by atoms with Crippen molar-refractivity contribution in [2.24, 2.45) is 0 Å². The van der Waals surface area contributed by atoms with Crippen LogP contribution in [0, 0.1) is 0 Å². The highest BCUT2D eigenvalue weighted by atomic mass is 32.1. The number of nitrogens with one attached hydrogen (secondary N) is 1. The van der Waals surface area contributed by atoms with E-state index in [-0.39, 0.29) is 5.91 Å². The topological polar surface area (TPSA) is 48.5 Å². The smallest absolute Gasteiger partial charge is 0.234 e. The first kappa shape index (κ1) is 15.0. The van der Waals surface area contributed by atoms with E-state index in [0.717, 1.165) is 32.0 Å². The molecule has 116 valence electrons. The molecule has 0 bridgehead atoms. The molecule has 1 aliphatic heterocycles. The summed E-state index contributed by atoms with van der Waals surface area (Å²) in [5, 5.41) is 4.05. The summed E-state index contributed by atoms with van der Waals surface area (Å²) < 4.78 is 5.83. The van der Waals surface area contributed by atoms with Gasteiger partial charge in [0.05, 0.1) is 11.2 Å². The average molecular weight is 316 g/mol. The van der Waals surface area contributed by atoms with Gasteiger partial charge in [-0.3, -0.25) is 9.69 Å². The third-order valence-electron chi connectivity index (χ3n) is 3.84. The molecule has 1 fully saturated rings. The maximum atomic E-state index is 11.7. The van der Waals surface area contributed by atoms with E-state index in [1.54, 1.807) is 17.6 Å². The number of amides is 1. The summed E-state index contributed by atoms with van der Waals surface area (Å²) in [5.41, 5.74) is 0. The van der Waals surface area contributed by atoms with Gasteiger partial charge in [-0.1, -0.05) is 18.2 Å². The van der Waals surface area contributed by atoms with Crippen LogP contribution in [0.25, 0.3) is 10.1 Å². The number of aromatic nitrogens is 1. The quantitative estimate of drug-likeness (QED) is 0.854. The highest BCUT2D eigenvalue weighted by Crippen LogP contribution is 2.29. The summed E-state index contributed by atoms with van der Waals surface area (Å²) in [5.74, 6) is 1.14. The molecule has 2 heterocycles. The van der Waals surface area contributed by atoms with Crippen LogP contribution in [0.3, 0.4) is 0 Å². The van der Waals surface area contributed by atoms with Gasteiger partial charge in [-0.15, -0.1) is 6.58 Å². The zero-order valence-electron chi connectivity index (χ0n) is 12.5. The Balaban J connectivity index is 1.57. The molecule has 0 aliphatic carbocycles. The van der Waals surface area contributed by atoms with Gasteiger partial charge in [-0.2, -0.15) is 4.37 Å². The Morgan fingerprint density at radius 3 is 2.86 bits per heavy atom. The van der Waals surface area contributed by atoms with Crippen molar-refractivity contribution in [3.63, 3.8) is 0 Å². The van der Waals surface area contributed by atoms with Crippen molar-refractivity contribution in [2.45, 2.75) is 0 Å². The zero-order valence-corrected chi connectivity index (χ0v) is 13.3. The van der Waals surface area contributed by atoms with Gasteiger partial charge in [0.1, 0.15) is 5.82 Å². The second-order valence-corrected chi connectivity index (χ2v) is 6.16. The van der Waals surface area contributed by atoms with Crippen LogP contribution < -0.4 is 10.2 Å². The predicted molar refractivity (Wildman–Crippen MR) is 91.5 cm³/mol. The Kier molecular flexibility index (Phi) is 4.70. The van der Waals surface area contributed by atoms with Crippen molar-refractivity contribution in [3.8, 4) is 0 Å². The molecule has 3 rings (SSSR count). The first-order valence-electron chi connectivity index (χ1n) is 7.47. The Morgan fingerprint density at radius 2 is 2.09 bits per heavy atom. The van der Waals surface area contributed by atoms with Crippen LogP contribution in [0.5, 0.6) is 0 Å². The number of piperazine rings is 1. The first-order valence-corrected chi connectivity index (χ1v) is 8.24. The average Bonchev–Trinajstić information content (AvgIpc) is 2.98. The number of hydrogen-bond acceptors (Lipinski definition) is 5. The Labute approximate surface area is 134 Å². The molecule has 6 heteroatoms. The van der Waals surface area contributed by atoms with Gasteiger partial charge in [0.25, 0.3) is 0 Å². The molecule has 1 aromatic heterocycles. The molecule has 0 saturated carbocycles. The van der Waals surface area contributed by atoms with Crippen LogP contribution in [0.2, 0.25) is 0 Å². The maximum Gasteiger partial charge on any atom is 0.234 e. The monoisotopic (exact) mass is 316 g/mol. The van der Waals surface area contributed by atoms with Crippen LogP contribution in [-0.2, 0) is 4.79 Å². The van der Waals surface area contributed by atoms with Crippen molar-refractivity contribution in [1.82, 2.24) is 14.6 Å². The van der Waals surface area contributed by atoms with Gasteiger partial charge >= 0.3 is 0 Å². The van der Waals surface area contributed by atoms with Crippen molar-refractivity contribution in [1.29, 1.82) is 0 Å². The second-order valence-electron chi connectivity index (χ2n) is 5.36. The van der Waals surface area contributed by atoms with Gasteiger partial charge in [-0.05, 0) is 23.7 Å². The lowest BCUT2D eigenvalue weighted by atomic mass is 10.2. The molecule has 1 N–H and O–H groups in total. The minimum Gasteiger partial charge on any atom is -0.353 e. The second kappa shape index (κ2) is 6.89.